The van der Waals surface area contributed by atoms with Crippen molar-refractivity contribution in [1.29, 1.82) is 0 Å². The van der Waals surface area contributed by atoms with Crippen molar-refractivity contribution in [1.82, 2.24) is 4.57 Å². The molecule has 4 rings (SSSR count). The first-order valence-electron chi connectivity index (χ1n) is 7.64. The Morgan fingerprint density at radius 3 is 2.59 bits per heavy atom. The summed E-state index contributed by atoms with van der Waals surface area (Å²) in [5.41, 5.74) is 2.61. The third-order valence-electron chi connectivity index (χ3n) is 4.26. The highest BCUT2D eigenvalue weighted by Crippen LogP contribution is 2.33. The van der Waals surface area contributed by atoms with Gasteiger partial charge in [0.25, 0.3) is 5.56 Å². The summed E-state index contributed by atoms with van der Waals surface area (Å²) in [5.74, 6) is 0.770. The second-order valence-corrected chi connectivity index (χ2v) is 5.77. The van der Waals surface area contributed by atoms with E-state index in [4.69, 9.17) is 4.74 Å². The first kappa shape index (κ1) is 13.1. The Balaban J connectivity index is 2.13. The van der Waals surface area contributed by atoms with Crippen molar-refractivity contribution >= 4 is 10.9 Å². The summed E-state index contributed by atoms with van der Waals surface area (Å²) in [6.07, 6.45) is 1.81. The Kier molecular flexibility index (Phi) is 3.00. The zero-order valence-electron chi connectivity index (χ0n) is 12.5. The van der Waals surface area contributed by atoms with Crippen LogP contribution in [0.15, 0.2) is 59.4 Å². The summed E-state index contributed by atoms with van der Waals surface area (Å²) in [7, 11) is 0. The molecule has 110 valence electrons. The van der Waals surface area contributed by atoms with Gasteiger partial charge in [-0.25, -0.2) is 0 Å². The summed E-state index contributed by atoms with van der Waals surface area (Å²) in [5, 5.41) is 1.01. The predicted octanol–water partition coefficient (Wildman–Crippen LogP) is 3.70. The van der Waals surface area contributed by atoms with Crippen LogP contribution in [0.2, 0.25) is 0 Å². The van der Waals surface area contributed by atoms with Gasteiger partial charge in [0.15, 0.2) is 0 Å². The molecule has 1 atom stereocenters. The number of hydrogen-bond acceptors (Lipinski definition) is 2. The highest BCUT2D eigenvalue weighted by atomic mass is 16.5. The van der Waals surface area contributed by atoms with E-state index in [1.165, 1.54) is 0 Å². The topological polar surface area (TPSA) is 31.2 Å². The minimum absolute atomic E-state index is 0.0341. The second kappa shape index (κ2) is 5.02. The van der Waals surface area contributed by atoms with Gasteiger partial charge >= 0.3 is 0 Å². The molecule has 2 aromatic carbocycles. The lowest BCUT2D eigenvalue weighted by Gasteiger charge is -2.25. The smallest absolute Gasteiger partial charge is 0.262 e. The van der Waals surface area contributed by atoms with E-state index in [0.717, 1.165) is 40.7 Å². The fraction of sp³-hybridized carbons (Fsp3) is 0.211. The van der Waals surface area contributed by atoms with Crippen LogP contribution >= 0.6 is 0 Å². The molecule has 0 aliphatic carbocycles. The Morgan fingerprint density at radius 1 is 1.05 bits per heavy atom. The minimum Gasteiger partial charge on any atom is -0.490 e. The van der Waals surface area contributed by atoms with Gasteiger partial charge in [0.2, 0.25) is 0 Å². The molecule has 3 nitrogen and oxygen atoms in total. The maximum absolute atomic E-state index is 13.0. The molecule has 1 unspecified atom stereocenters. The van der Waals surface area contributed by atoms with Crippen molar-refractivity contribution in [2.75, 3.05) is 0 Å². The van der Waals surface area contributed by atoms with E-state index in [0.29, 0.717) is 0 Å². The number of aromatic nitrogens is 1. The molecule has 22 heavy (non-hydrogen) atoms. The third kappa shape index (κ3) is 1.93. The predicted molar refractivity (Wildman–Crippen MR) is 88.0 cm³/mol. The normalized spacial score (nSPS) is 17.0. The maximum Gasteiger partial charge on any atom is 0.262 e. The molecule has 0 bridgehead atoms. The summed E-state index contributed by atoms with van der Waals surface area (Å²) in [4.78, 5) is 13.0. The van der Waals surface area contributed by atoms with Crippen molar-refractivity contribution < 1.29 is 4.74 Å². The van der Waals surface area contributed by atoms with E-state index in [1.807, 2.05) is 54.6 Å². The van der Waals surface area contributed by atoms with Crippen LogP contribution in [0.25, 0.3) is 16.6 Å². The zero-order chi connectivity index (χ0) is 15.1. The van der Waals surface area contributed by atoms with Crippen LogP contribution in [0.5, 0.6) is 5.75 Å². The number of para-hydroxylation sites is 2. The van der Waals surface area contributed by atoms with Gasteiger partial charge in [0.05, 0.1) is 17.2 Å². The zero-order valence-corrected chi connectivity index (χ0v) is 12.5. The van der Waals surface area contributed by atoms with E-state index in [2.05, 4.69) is 6.92 Å². The van der Waals surface area contributed by atoms with Crippen LogP contribution in [-0.2, 0) is 6.42 Å². The van der Waals surface area contributed by atoms with Gasteiger partial charge in [-0.2, -0.15) is 0 Å². The SMILES string of the molecule is CC1CCc2c(c3ccccc3n(-c3ccccc3)c2=O)O1. The first-order chi connectivity index (χ1) is 10.8. The van der Waals surface area contributed by atoms with Crippen LogP contribution in [-0.4, -0.2) is 10.7 Å². The summed E-state index contributed by atoms with van der Waals surface area (Å²) < 4.78 is 7.80. The monoisotopic (exact) mass is 291 g/mol. The number of ether oxygens (including phenoxy) is 1. The number of benzene rings is 2. The summed E-state index contributed by atoms with van der Waals surface area (Å²) in [6.45, 7) is 2.06. The molecular weight excluding hydrogens is 274 g/mol. The second-order valence-electron chi connectivity index (χ2n) is 5.77. The van der Waals surface area contributed by atoms with Crippen molar-refractivity contribution in [3.05, 3.63) is 70.5 Å². The Hall–Kier alpha value is -2.55. The molecule has 0 amide bonds. The quantitative estimate of drug-likeness (QED) is 0.684. The summed E-state index contributed by atoms with van der Waals surface area (Å²) in [6, 6.07) is 17.8. The molecule has 0 saturated heterocycles. The molecule has 0 radical (unpaired) electrons. The van der Waals surface area contributed by atoms with Crippen LogP contribution in [0.4, 0.5) is 0 Å². The lowest BCUT2D eigenvalue weighted by atomic mass is 10.0. The van der Waals surface area contributed by atoms with Crippen LogP contribution in [0, 0.1) is 0 Å². The van der Waals surface area contributed by atoms with Gasteiger partial charge in [0.1, 0.15) is 5.75 Å². The average Bonchev–Trinajstić information content (AvgIpc) is 2.56. The lowest BCUT2D eigenvalue weighted by molar-refractivity contribution is 0.194. The number of pyridine rings is 1. The third-order valence-corrected chi connectivity index (χ3v) is 4.26. The first-order valence-corrected chi connectivity index (χ1v) is 7.64. The van der Waals surface area contributed by atoms with E-state index in [9.17, 15) is 4.79 Å². The molecular formula is C19H17NO2. The lowest BCUT2D eigenvalue weighted by Crippen LogP contribution is -2.29. The number of hydrogen-bond donors (Lipinski definition) is 0. The standard InChI is InChI=1S/C19H17NO2/c1-13-11-12-16-18(22-13)15-9-5-6-10-17(15)20(19(16)21)14-7-3-2-4-8-14/h2-10,13H,11-12H2,1H3. The van der Waals surface area contributed by atoms with E-state index >= 15 is 0 Å². The van der Waals surface area contributed by atoms with Crippen LogP contribution < -0.4 is 10.3 Å². The van der Waals surface area contributed by atoms with Gasteiger partial charge in [-0.3, -0.25) is 9.36 Å². The van der Waals surface area contributed by atoms with Gasteiger partial charge in [-0.05, 0) is 44.0 Å². The maximum atomic E-state index is 13.0. The van der Waals surface area contributed by atoms with E-state index in [-0.39, 0.29) is 11.7 Å². The van der Waals surface area contributed by atoms with Crippen molar-refractivity contribution in [3.8, 4) is 11.4 Å². The highest BCUT2D eigenvalue weighted by Gasteiger charge is 2.24. The fourth-order valence-electron chi connectivity index (χ4n) is 3.16. The Morgan fingerprint density at radius 2 is 1.77 bits per heavy atom. The Bertz CT molecular complexity index is 896. The molecule has 1 aliphatic heterocycles. The number of nitrogens with zero attached hydrogens (tertiary/aromatic N) is 1. The average molecular weight is 291 g/mol. The molecule has 0 saturated carbocycles. The fourth-order valence-corrected chi connectivity index (χ4v) is 3.16. The van der Waals surface area contributed by atoms with Gasteiger partial charge in [-0.1, -0.05) is 30.3 Å². The van der Waals surface area contributed by atoms with Crippen molar-refractivity contribution in [3.63, 3.8) is 0 Å². The highest BCUT2D eigenvalue weighted by molar-refractivity contribution is 5.88. The molecule has 3 aromatic rings. The van der Waals surface area contributed by atoms with Gasteiger partial charge < -0.3 is 4.74 Å². The van der Waals surface area contributed by atoms with Crippen molar-refractivity contribution in [2.24, 2.45) is 0 Å². The molecule has 3 heteroatoms. The molecule has 2 heterocycles. The molecule has 0 fully saturated rings. The summed E-state index contributed by atoms with van der Waals surface area (Å²) >= 11 is 0. The molecule has 1 aliphatic rings. The van der Waals surface area contributed by atoms with E-state index in [1.54, 1.807) is 4.57 Å². The molecule has 1 aromatic heterocycles. The number of rotatable bonds is 1. The van der Waals surface area contributed by atoms with Crippen LogP contribution in [0.3, 0.4) is 0 Å². The van der Waals surface area contributed by atoms with Crippen molar-refractivity contribution in [2.45, 2.75) is 25.9 Å². The largest absolute Gasteiger partial charge is 0.490 e. The van der Waals surface area contributed by atoms with Gasteiger partial charge in [0, 0.05) is 11.1 Å². The minimum atomic E-state index is 0.0341. The van der Waals surface area contributed by atoms with Crippen LogP contribution in [0.1, 0.15) is 18.9 Å². The Labute approximate surface area is 128 Å². The number of fused-ring (bicyclic) bond motifs is 3. The van der Waals surface area contributed by atoms with Gasteiger partial charge in [-0.15, -0.1) is 0 Å². The van der Waals surface area contributed by atoms with E-state index < -0.39 is 0 Å². The molecule has 0 N–H and O–H groups in total. The molecule has 0 spiro atoms.